The molecule has 10 aromatic rings. The van der Waals surface area contributed by atoms with Crippen molar-refractivity contribution in [2.45, 2.75) is 12.3 Å². The highest BCUT2D eigenvalue weighted by Gasteiger charge is 2.22. The molecular formula is C52H36N2S. The Kier molecular flexibility index (Phi) is 7.53. The maximum absolute atomic E-state index is 2.46. The molecule has 8 aromatic carbocycles. The van der Waals surface area contributed by atoms with Crippen molar-refractivity contribution in [2.24, 2.45) is 0 Å². The minimum atomic E-state index is 0.371. The molecule has 2 heterocycles. The zero-order valence-electron chi connectivity index (χ0n) is 30.1. The van der Waals surface area contributed by atoms with Gasteiger partial charge in [0.05, 0.1) is 16.7 Å². The van der Waals surface area contributed by atoms with Gasteiger partial charge in [0.15, 0.2) is 0 Å². The largest absolute Gasteiger partial charge is 0.310 e. The Morgan fingerprint density at radius 2 is 1.22 bits per heavy atom. The predicted molar refractivity (Wildman–Crippen MR) is 236 cm³/mol. The standard InChI is InChI=1S/C52H36N2S/c1-2-11-35(12-3-1)36-21-28-40(29-22-36)53(48-18-10-20-50-51(48)46-16-7-9-19-49(46)55-50)41-30-23-37(24-31-41)38-25-32-42(33-26-38)54-47-17-8-6-15-44(47)45-34-27-39-13-4-5-14-43(39)52(45)54/h1-21,23-34,36H,22H2. The molecule has 0 bridgehead atoms. The van der Waals surface area contributed by atoms with Gasteiger partial charge < -0.3 is 9.47 Å². The van der Waals surface area contributed by atoms with Crippen LogP contribution < -0.4 is 4.90 Å². The van der Waals surface area contributed by atoms with E-state index in [4.69, 9.17) is 0 Å². The van der Waals surface area contributed by atoms with Crippen LogP contribution in [0.15, 0.2) is 206 Å². The summed E-state index contributed by atoms with van der Waals surface area (Å²) in [6, 6.07) is 66.6. The normalized spacial score (nSPS) is 14.3. The molecule has 11 rings (SSSR count). The fraction of sp³-hybridized carbons (Fsp3) is 0.0385. The van der Waals surface area contributed by atoms with Crippen LogP contribution in [-0.4, -0.2) is 4.57 Å². The molecule has 1 aliphatic carbocycles. The Hall–Kier alpha value is -6.68. The van der Waals surface area contributed by atoms with E-state index in [1.165, 1.54) is 80.8 Å². The van der Waals surface area contributed by atoms with E-state index >= 15 is 0 Å². The lowest BCUT2D eigenvalue weighted by atomic mass is 9.91. The Labute approximate surface area is 324 Å². The van der Waals surface area contributed by atoms with Gasteiger partial charge in [-0.1, -0.05) is 146 Å². The van der Waals surface area contributed by atoms with Crippen molar-refractivity contribution in [3.05, 3.63) is 211 Å². The minimum absolute atomic E-state index is 0.371. The van der Waals surface area contributed by atoms with Crippen molar-refractivity contribution in [2.75, 3.05) is 4.90 Å². The first-order valence-electron chi connectivity index (χ1n) is 19.0. The van der Waals surface area contributed by atoms with Crippen LogP contribution in [-0.2, 0) is 0 Å². The highest BCUT2D eigenvalue weighted by molar-refractivity contribution is 7.26. The van der Waals surface area contributed by atoms with E-state index in [-0.39, 0.29) is 0 Å². The molecule has 1 unspecified atom stereocenters. The number of thiophene rings is 1. The van der Waals surface area contributed by atoms with Crippen molar-refractivity contribution < 1.29 is 0 Å². The van der Waals surface area contributed by atoms with Gasteiger partial charge in [0.2, 0.25) is 0 Å². The molecule has 1 aliphatic rings. The van der Waals surface area contributed by atoms with Crippen LogP contribution >= 0.6 is 11.3 Å². The average molecular weight is 721 g/mol. The van der Waals surface area contributed by atoms with E-state index in [0.29, 0.717) is 5.92 Å². The fourth-order valence-electron chi connectivity index (χ4n) is 8.70. The van der Waals surface area contributed by atoms with Gasteiger partial charge in [-0.25, -0.2) is 0 Å². The number of fused-ring (bicyclic) bond motifs is 8. The molecule has 0 saturated carbocycles. The molecule has 0 amide bonds. The van der Waals surface area contributed by atoms with Gasteiger partial charge in [-0.2, -0.15) is 0 Å². The maximum Gasteiger partial charge on any atom is 0.0619 e. The number of rotatable bonds is 6. The van der Waals surface area contributed by atoms with Gasteiger partial charge in [0, 0.05) is 59.3 Å². The molecule has 2 nitrogen and oxygen atoms in total. The molecule has 260 valence electrons. The number of anilines is 2. The molecule has 2 aromatic heterocycles. The third kappa shape index (κ3) is 5.31. The Balaban J connectivity index is 0.986. The molecule has 0 radical (unpaired) electrons. The van der Waals surface area contributed by atoms with Gasteiger partial charge in [-0.3, -0.25) is 0 Å². The molecule has 0 saturated heterocycles. The summed E-state index contributed by atoms with van der Waals surface area (Å²) < 4.78 is 5.05. The first-order chi connectivity index (χ1) is 27.3. The lowest BCUT2D eigenvalue weighted by Crippen LogP contribution is -2.17. The van der Waals surface area contributed by atoms with Crippen LogP contribution in [0.25, 0.3) is 69.6 Å². The molecule has 3 heteroatoms. The zero-order chi connectivity index (χ0) is 36.3. The molecule has 55 heavy (non-hydrogen) atoms. The van der Waals surface area contributed by atoms with Crippen LogP contribution in [0.2, 0.25) is 0 Å². The van der Waals surface area contributed by atoms with E-state index < -0.39 is 0 Å². The zero-order valence-corrected chi connectivity index (χ0v) is 31.0. The second-order valence-corrected chi connectivity index (χ2v) is 15.5. The lowest BCUT2D eigenvalue weighted by Gasteiger charge is -2.30. The number of benzene rings is 8. The fourth-order valence-corrected chi connectivity index (χ4v) is 9.82. The van der Waals surface area contributed by atoms with Crippen molar-refractivity contribution in [3.8, 4) is 16.8 Å². The summed E-state index contributed by atoms with van der Waals surface area (Å²) >= 11 is 1.87. The topological polar surface area (TPSA) is 8.17 Å². The van der Waals surface area contributed by atoms with Crippen molar-refractivity contribution >= 4 is 75.5 Å². The number of hydrogen-bond donors (Lipinski definition) is 0. The average Bonchev–Trinajstić information content (AvgIpc) is 3.81. The van der Waals surface area contributed by atoms with E-state index in [1.807, 2.05) is 11.3 Å². The molecule has 1 atom stereocenters. The van der Waals surface area contributed by atoms with Gasteiger partial charge in [-0.15, -0.1) is 11.3 Å². The van der Waals surface area contributed by atoms with Crippen molar-refractivity contribution in [1.82, 2.24) is 4.57 Å². The third-order valence-corrected chi connectivity index (χ3v) is 12.5. The van der Waals surface area contributed by atoms with Gasteiger partial charge in [-0.05, 0) is 83.1 Å². The smallest absolute Gasteiger partial charge is 0.0619 e. The molecule has 0 N–H and O–H groups in total. The van der Waals surface area contributed by atoms with Gasteiger partial charge >= 0.3 is 0 Å². The molecular weight excluding hydrogens is 685 g/mol. The molecule has 0 spiro atoms. The Bertz CT molecular complexity index is 3110. The summed E-state index contributed by atoms with van der Waals surface area (Å²) in [6.45, 7) is 0. The second kappa shape index (κ2) is 13.0. The maximum atomic E-state index is 2.46. The number of nitrogens with zero attached hydrogens (tertiary/aromatic N) is 2. The van der Waals surface area contributed by atoms with Crippen LogP contribution in [0.4, 0.5) is 11.4 Å². The van der Waals surface area contributed by atoms with E-state index in [2.05, 4.69) is 210 Å². The first kappa shape index (κ1) is 31.8. The van der Waals surface area contributed by atoms with Gasteiger partial charge in [0.25, 0.3) is 0 Å². The molecule has 0 fully saturated rings. The Morgan fingerprint density at radius 3 is 2.02 bits per heavy atom. The van der Waals surface area contributed by atoms with Crippen molar-refractivity contribution in [1.29, 1.82) is 0 Å². The van der Waals surface area contributed by atoms with Crippen molar-refractivity contribution in [3.63, 3.8) is 0 Å². The number of aromatic nitrogens is 1. The predicted octanol–water partition coefficient (Wildman–Crippen LogP) is 14.7. The highest BCUT2D eigenvalue weighted by atomic mass is 32.1. The summed E-state index contributed by atoms with van der Waals surface area (Å²) in [5.41, 5.74) is 10.9. The second-order valence-electron chi connectivity index (χ2n) is 14.5. The number of allylic oxidation sites excluding steroid dienone is 3. The van der Waals surface area contributed by atoms with Gasteiger partial charge in [0.1, 0.15) is 0 Å². The van der Waals surface area contributed by atoms with Crippen LogP contribution in [0.3, 0.4) is 0 Å². The monoisotopic (exact) mass is 720 g/mol. The quantitative estimate of drug-likeness (QED) is 0.166. The summed E-state index contributed by atoms with van der Waals surface area (Å²) in [5.74, 6) is 0.371. The lowest BCUT2D eigenvalue weighted by molar-refractivity contribution is 0.840. The van der Waals surface area contributed by atoms with E-state index in [9.17, 15) is 0 Å². The SMILES string of the molecule is C1=CC(c2ccccc2)CC=C1N(c1ccc(-c2ccc(-n3c4ccccc4c4ccc5ccccc5c43)cc2)cc1)c1cccc2sc3ccccc3c12. The van der Waals surface area contributed by atoms with E-state index in [1.54, 1.807) is 0 Å². The molecule has 0 aliphatic heterocycles. The van der Waals surface area contributed by atoms with Crippen LogP contribution in [0.1, 0.15) is 17.9 Å². The summed E-state index contributed by atoms with van der Waals surface area (Å²) in [4.78, 5) is 2.46. The van der Waals surface area contributed by atoms with Crippen LogP contribution in [0, 0.1) is 0 Å². The Morgan fingerprint density at radius 1 is 0.527 bits per heavy atom. The van der Waals surface area contributed by atoms with E-state index in [0.717, 1.165) is 17.8 Å². The summed E-state index contributed by atoms with van der Waals surface area (Å²) in [5, 5.41) is 7.69. The van der Waals surface area contributed by atoms with Crippen LogP contribution in [0.5, 0.6) is 0 Å². The highest BCUT2D eigenvalue weighted by Crippen LogP contribution is 2.45. The first-order valence-corrected chi connectivity index (χ1v) is 19.9. The number of para-hydroxylation sites is 1. The summed E-state index contributed by atoms with van der Waals surface area (Å²) in [7, 11) is 0. The summed E-state index contributed by atoms with van der Waals surface area (Å²) in [6.07, 6.45) is 8.06. The minimum Gasteiger partial charge on any atom is -0.310 e. The number of hydrogen-bond acceptors (Lipinski definition) is 2. The third-order valence-electron chi connectivity index (χ3n) is 11.3.